The molecule has 0 fully saturated rings. The summed E-state index contributed by atoms with van der Waals surface area (Å²) in [5.41, 5.74) is 2.33. The largest absolute Gasteiger partial charge is 0.495 e. The van der Waals surface area contributed by atoms with Gasteiger partial charge in [0.25, 0.3) is 5.91 Å². The molecule has 0 aliphatic rings. The molecule has 28 heavy (non-hydrogen) atoms. The van der Waals surface area contributed by atoms with Gasteiger partial charge in [-0.05, 0) is 42.8 Å². The van der Waals surface area contributed by atoms with Crippen LogP contribution in [-0.2, 0) is 0 Å². The van der Waals surface area contributed by atoms with E-state index in [-0.39, 0.29) is 11.6 Å². The van der Waals surface area contributed by atoms with Crippen LogP contribution in [0.2, 0.25) is 5.02 Å². The summed E-state index contributed by atoms with van der Waals surface area (Å²) in [4.78, 5) is 12.4. The average Bonchev–Trinajstić information content (AvgIpc) is 2.71. The number of nitrogens with zero attached hydrogens (tertiary/aromatic N) is 2. The van der Waals surface area contributed by atoms with Crippen molar-refractivity contribution in [1.29, 1.82) is 0 Å². The van der Waals surface area contributed by atoms with Crippen LogP contribution >= 0.6 is 11.6 Å². The highest BCUT2D eigenvalue weighted by molar-refractivity contribution is 6.31. The summed E-state index contributed by atoms with van der Waals surface area (Å²) in [6.45, 7) is 1.89. The van der Waals surface area contributed by atoms with Crippen molar-refractivity contribution in [1.82, 2.24) is 10.2 Å². The Kier molecular flexibility index (Phi) is 5.96. The van der Waals surface area contributed by atoms with E-state index in [1.54, 1.807) is 43.5 Å². The predicted octanol–water partition coefficient (Wildman–Crippen LogP) is 4.45. The number of hydrogen-bond donors (Lipinski definition) is 2. The Bertz CT molecular complexity index is 993. The number of anilines is 3. The summed E-state index contributed by atoms with van der Waals surface area (Å²) in [7, 11) is 3.10. The Labute approximate surface area is 167 Å². The zero-order chi connectivity index (χ0) is 20.1. The van der Waals surface area contributed by atoms with E-state index in [2.05, 4.69) is 20.8 Å². The number of carbonyl (C=O) groups excluding carboxylic acids is 1. The third-order valence-corrected chi connectivity index (χ3v) is 4.40. The number of para-hydroxylation sites is 2. The molecule has 0 bridgehead atoms. The number of ether oxygens (including phenoxy) is 2. The zero-order valence-electron chi connectivity index (χ0n) is 15.6. The summed E-state index contributed by atoms with van der Waals surface area (Å²) < 4.78 is 10.6. The highest BCUT2D eigenvalue weighted by Gasteiger charge is 2.13. The number of benzene rings is 2. The molecule has 144 valence electrons. The molecule has 8 heteroatoms. The van der Waals surface area contributed by atoms with Gasteiger partial charge in [0.1, 0.15) is 11.5 Å². The van der Waals surface area contributed by atoms with Gasteiger partial charge in [-0.2, -0.15) is 0 Å². The first kappa shape index (κ1) is 19.4. The van der Waals surface area contributed by atoms with Crippen molar-refractivity contribution in [3.63, 3.8) is 0 Å². The molecule has 1 heterocycles. The summed E-state index contributed by atoms with van der Waals surface area (Å²) in [6, 6.07) is 13.9. The van der Waals surface area contributed by atoms with Gasteiger partial charge in [-0.1, -0.05) is 23.7 Å². The molecule has 0 aliphatic carbocycles. The maximum atomic E-state index is 12.4. The van der Waals surface area contributed by atoms with Crippen LogP contribution in [0.3, 0.4) is 0 Å². The first-order valence-corrected chi connectivity index (χ1v) is 8.79. The molecule has 0 atom stereocenters. The van der Waals surface area contributed by atoms with E-state index in [4.69, 9.17) is 21.1 Å². The predicted molar refractivity (Wildman–Crippen MR) is 109 cm³/mol. The van der Waals surface area contributed by atoms with E-state index in [1.807, 2.05) is 19.1 Å². The molecule has 2 aromatic carbocycles. The normalized spacial score (nSPS) is 10.3. The summed E-state index contributed by atoms with van der Waals surface area (Å²) >= 11 is 6.12. The second-order valence-corrected chi connectivity index (χ2v) is 6.29. The number of amides is 1. The fourth-order valence-electron chi connectivity index (χ4n) is 2.52. The highest BCUT2D eigenvalue weighted by atomic mass is 35.5. The van der Waals surface area contributed by atoms with Crippen molar-refractivity contribution in [2.24, 2.45) is 0 Å². The van der Waals surface area contributed by atoms with Crippen LogP contribution in [0, 0.1) is 6.92 Å². The molecule has 0 radical (unpaired) electrons. The van der Waals surface area contributed by atoms with Gasteiger partial charge in [0.05, 0.1) is 25.6 Å². The number of aryl methyl sites for hydroxylation is 1. The number of aromatic nitrogens is 2. The van der Waals surface area contributed by atoms with Gasteiger partial charge in [-0.15, -0.1) is 10.2 Å². The van der Waals surface area contributed by atoms with Gasteiger partial charge in [0, 0.05) is 11.1 Å². The summed E-state index contributed by atoms with van der Waals surface area (Å²) in [6.07, 6.45) is 0. The van der Waals surface area contributed by atoms with E-state index >= 15 is 0 Å². The maximum Gasteiger partial charge on any atom is 0.276 e. The topological polar surface area (TPSA) is 85.4 Å². The van der Waals surface area contributed by atoms with Gasteiger partial charge >= 0.3 is 0 Å². The van der Waals surface area contributed by atoms with Crippen LogP contribution in [-0.4, -0.2) is 30.3 Å². The highest BCUT2D eigenvalue weighted by Crippen LogP contribution is 2.32. The average molecular weight is 399 g/mol. The van der Waals surface area contributed by atoms with E-state index < -0.39 is 0 Å². The first-order valence-electron chi connectivity index (χ1n) is 8.41. The molecular formula is C20H19ClN4O3. The number of halogens is 1. The Hall–Kier alpha value is -3.32. The van der Waals surface area contributed by atoms with Crippen molar-refractivity contribution >= 4 is 34.7 Å². The molecule has 3 rings (SSSR count). The monoisotopic (exact) mass is 398 g/mol. The lowest BCUT2D eigenvalue weighted by molar-refractivity contribution is 0.102. The van der Waals surface area contributed by atoms with Crippen LogP contribution in [0.1, 0.15) is 16.1 Å². The van der Waals surface area contributed by atoms with E-state index in [0.717, 1.165) is 5.56 Å². The van der Waals surface area contributed by atoms with Gasteiger partial charge in [-0.25, -0.2) is 0 Å². The van der Waals surface area contributed by atoms with Crippen LogP contribution in [0.4, 0.5) is 17.2 Å². The van der Waals surface area contributed by atoms with Crippen molar-refractivity contribution in [3.05, 3.63) is 64.8 Å². The molecule has 0 spiro atoms. The number of rotatable bonds is 6. The van der Waals surface area contributed by atoms with Crippen molar-refractivity contribution < 1.29 is 14.3 Å². The van der Waals surface area contributed by atoms with Crippen LogP contribution in [0.25, 0.3) is 0 Å². The molecule has 0 saturated carbocycles. The van der Waals surface area contributed by atoms with Crippen LogP contribution in [0.15, 0.2) is 48.5 Å². The molecule has 0 saturated heterocycles. The standard InChI is InChI=1S/C20H19ClN4O3/c1-12-10-16(18(28-3)11-13(12)21)22-19-9-8-15(24-25-19)20(26)23-14-6-4-5-7-17(14)27-2/h4-11H,1-3H3,(H,22,25)(H,23,26). The molecule has 2 N–H and O–H groups in total. The lowest BCUT2D eigenvalue weighted by Gasteiger charge is -2.12. The molecule has 1 aromatic heterocycles. The SMILES string of the molecule is COc1ccccc1NC(=O)c1ccc(Nc2cc(C)c(Cl)cc2OC)nn1. The maximum absolute atomic E-state index is 12.4. The molecule has 3 aromatic rings. The lowest BCUT2D eigenvalue weighted by Crippen LogP contribution is -2.15. The molecule has 7 nitrogen and oxygen atoms in total. The fraction of sp³-hybridized carbons (Fsp3) is 0.150. The molecule has 1 amide bonds. The number of methoxy groups -OCH3 is 2. The van der Waals surface area contributed by atoms with Gasteiger partial charge in [0.2, 0.25) is 0 Å². The summed E-state index contributed by atoms with van der Waals surface area (Å²) in [5, 5.41) is 14.5. The Morgan fingerprint density at radius 2 is 1.71 bits per heavy atom. The van der Waals surface area contributed by atoms with E-state index in [9.17, 15) is 4.79 Å². The number of hydrogen-bond acceptors (Lipinski definition) is 6. The number of nitrogens with one attached hydrogen (secondary N) is 2. The van der Waals surface area contributed by atoms with Crippen molar-refractivity contribution in [2.45, 2.75) is 6.92 Å². The van der Waals surface area contributed by atoms with Crippen molar-refractivity contribution in [2.75, 3.05) is 24.9 Å². The molecule has 0 aliphatic heterocycles. The van der Waals surface area contributed by atoms with E-state index in [0.29, 0.717) is 33.7 Å². The van der Waals surface area contributed by atoms with Gasteiger partial charge in [0.15, 0.2) is 11.5 Å². The van der Waals surface area contributed by atoms with Gasteiger partial charge < -0.3 is 20.1 Å². The number of carbonyl (C=O) groups is 1. The minimum atomic E-state index is -0.386. The van der Waals surface area contributed by atoms with Crippen molar-refractivity contribution in [3.8, 4) is 11.5 Å². The molecule has 0 unspecified atom stereocenters. The molecular weight excluding hydrogens is 380 g/mol. The Morgan fingerprint density at radius 3 is 2.39 bits per heavy atom. The van der Waals surface area contributed by atoms with E-state index in [1.165, 1.54) is 7.11 Å². The smallest absolute Gasteiger partial charge is 0.276 e. The quantitative estimate of drug-likeness (QED) is 0.638. The second kappa shape index (κ2) is 8.58. The fourth-order valence-corrected chi connectivity index (χ4v) is 2.68. The zero-order valence-corrected chi connectivity index (χ0v) is 16.4. The second-order valence-electron chi connectivity index (χ2n) is 5.88. The third kappa shape index (κ3) is 4.32. The minimum absolute atomic E-state index is 0.177. The Balaban J connectivity index is 1.75. The summed E-state index contributed by atoms with van der Waals surface area (Å²) in [5.74, 6) is 1.22. The lowest BCUT2D eigenvalue weighted by atomic mass is 10.2. The first-order chi connectivity index (χ1) is 13.5. The Morgan fingerprint density at radius 1 is 0.964 bits per heavy atom. The van der Waals surface area contributed by atoms with Crippen LogP contribution in [0.5, 0.6) is 11.5 Å². The third-order valence-electron chi connectivity index (χ3n) is 4.00. The minimum Gasteiger partial charge on any atom is -0.495 e. The van der Waals surface area contributed by atoms with Gasteiger partial charge in [-0.3, -0.25) is 4.79 Å². The van der Waals surface area contributed by atoms with Crippen LogP contribution < -0.4 is 20.1 Å².